The number of anilines is 1. The van der Waals surface area contributed by atoms with Crippen LogP contribution in [0, 0.1) is 6.92 Å². The van der Waals surface area contributed by atoms with Crippen molar-refractivity contribution >= 4 is 33.0 Å². The summed E-state index contributed by atoms with van der Waals surface area (Å²) in [6, 6.07) is 7.10. The normalized spacial score (nSPS) is 17.2. The third kappa shape index (κ3) is 3.23. The fourth-order valence-electron chi connectivity index (χ4n) is 3.28. The number of rotatable bonds is 4. The largest absolute Gasteiger partial charge is 0.309 e. The molecule has 1 aromatic carbocycles. The van der Waals surface area contributed by atoms with Crippen molar-refractivity contribution in [2.75, 3.05) is 11.9 Å². The van der Waals surface area contributed by atoms with Crippen LogP contribution in [0.4, 0.5) is 5.69 Å². The summed E-state index contributed by atoms with van der Waals surface area (Å²) in [5.41, 5.74) is 2.83. The average molecular weight is 379 g/mol. The first-order chi connectivity index (χ1) is 11.7. The van der Waals surface area contributed by atoms with Crippen LogP contribution in [0.5, 0.6) is 0 Å². The number of aryl methyl sites for hydroxylation is 1. The van der Waals surface area contributed by atoms with E-state index in [9.17, 15) is 13.2 Å². The standard InChI is InChI=1S/C18H22N2O3S2/c1-12-7-8-24-18(12)11-19(4)25(22,23)16-5-6-17-15(10-16)9-13(2)20(17)14(3)21/h5-8,10,13H,9,11H2,1-4H3/t13-/m1/s1. The molecule has 1 aliphatic heterocycles. The first-order valence-corrected chi connectivity index (χ1v) is 10.5. The molecule has 7 heteroatoms. The molecule has 5 nitrogen and oxygen atoms in total. The lowest BCUT2D eigenvalue weighted by Crippen LogP contribution is -2.33. The number of hydrogen-bond donors (Lipinski definition) is 0. The van der Waals surface area contributed by atoms with Crippen molar-refractivity contribution in [3.8, 4) is 0 Å². The molecule has 134 valence electrons. The Morgan fingerprint density at radius 2 is 2.08 bits per heavy atom. The van der Waals surface area contributed by atoms with Gasteiger partial charge in [-0.2, -0.15) is 4.31 Å². The van der Waals surface area contributed by atoms with E-state index in [1.807, 2.05) is 25.3 Å². The Labute approximate surface area is 152 Å². The summed E-state index contributed by atoms with van der Waals surface area (Å²) in [5, 5.41) is 1.97. The Kier molecular flexibility index (Phi) is 4.74. The molecule has 1 aromatic heterocycles. The van der Waals surface area contributed by atoms with Gasteiger partial charge in [0.25, 0.3) is 0 Å². The highest BCUT2D eigenvalue weighted by Crippen LogP contribution is 2.34. The molecule has 25 heavy (non-hydrogen) atoms. The van der Waals surface area contributed by atoms with E-state index in [0.717, 1.165) is 21.7 Å². The van der Waals surface area contributed by atoms with Crippen LogP contribution in [-0.4, -0.2) is 31.7 Å². The number of benzene rings is 1. The minimum Gasteiger partial charge on any atom is -0.309 e. The highest BCUT2D eigenvalue weighted by molar-refractivity contribution is 7.89. The minimum atomic E-state index is -3.57. The molecule has 1 atom stereocenters. The lowest BCUT2D eigenvalue weighted by Gasteiger charge is -2.21. The summed E-state index contributed by atoms with van der Waals surface area (Å²) < 4.78 is 27.2. The van der Waals surface area contributed by atoms with Gasteiger partial charge in [-0.1, -0.05) is 0 Å². The van der Waals surface area contributed by atoms with E-state index in [1.54, 1.807) is 41.5 Å². The predicted molar refractivity (Wildman–Crippen MR) is 100 cm³/mol. The first-order valence-electron chi connectivity index (χ1n) is 8.14. The van der Waals surface area contributed by atoms with Crippen molar-refractivity contribution in [3.63, 3.8) is 0 Å². The van der Waals surface area contributed by atoms with Gasteiger partial charge in [-0.15, -0.1) is 11.3 Å². The smallest absolute Gasteiger partial charge is 0.243 e. The maximum atomic E-state index is 12.9. The zero-order chi connectivity index (χ0) is 18.4. The Bertz CT molecular complexity index is 918. The van der Waals surface area contributed by atoms with E-state index >= 15 is 0 Å². The number of amides is 1. The Hall–Kier alpha value is -1.70. The second kappa shape index (κ2) is 6.55. The highest BCUT2D eigenvalue weighted by atomic mass is 32.2. The van der Waals surface area contributed by atoms with Crippen molar-refractivity contribution in [2.24, 2.45) is 0 Å². The minimum absolute atomic E-state index is 0.0212. The van der Waals surface area contributed by atoms with Gasteiger partial charge in [-0.25, -0.2) is 8.42 Å². The molecule has 0 spiro atoms. The Balaban J connectivity index is 1.90. The maximum absolute atomic E-state index is 12.9. The van der Waals surface area contributed by atoms with Crippen LogP contribution in [0.2, 0.25) is 0 Å². The van der Waals surface area contributed by atoms with Gasteiger partial charge in [0.15, 0.2) is 0 Å². The fraction of sp³-hybridized carbons (Fsp3) is 0.389. The van der Waals surface area contributed by atoms with Crippen molar-refractivity contribution < 1.29 is 13.2 Å². The van der Waals surface area contributed by atoms with Crippen LogP contribution in [0.3, 0.4) is 0 Å². The van der Waals surface area contributed by atoms with Gasteiger partial charge < -0.3 is 4.90 Å². The summed E-state index contributed by atoms with van der Waals surface area (Å²) in [6.45, 7) is 5.85. The molecule has 1 amide bonds. The van der Waals surface area contributed by atoms with E-state index in [1.165, 1.54) is 11.2 Å². The molecule has 0 saturated carbocycles. The maximum Gasteiger partial charge on any atom is 0.243 e. The number of sulfonamides is 1. The predicted octanol–water partition coefficient (Wildman–Crippen LogP) is 3.17. The van der Waals surface area contributed by atoms with E-state index in [4.69, 9.17) is 0 Å². The molecule has 2 aromatic rings. The van der Waals surface area contributed by atoms with Gasteiger partial charge in [0, 0.05) is 37.1 Å². The zero-order valence-electron chi connectivity index (χ0n) is 14.8. The van der Waals surface area contributed by atoms with Gasteiger partial charge >= 0.3 is 0 Å². The molecule has 0 radical (unpaired) electrons. The molecule has 0 fully saturated rings. The van der Waals surface area contributed by atoms with Gasteiger partial charge in [-0.3, -0.25) is 4.79 Å². The molecule has 1 aliphatic rings. The summed E-state index contributed by atoms with van der Waals surface area (Å²) in [5.74, 6) is -0.0212. The summed E-state index contributed by atoms with van der Waals surface area (Å²) in [4.78, 5) is 14.9. The van der Waals surface area contributed by atoms with Gasteiger partial charge in [0.1, 0.15) is 0 Å². The number of carbonyl (C=O) groups is 1. The third-order valence-corrected chi connectivity index (χ3v) is 7.46. The van der Waals surface area contributed by atoms with Crippen molar-refractivity contribution in [3.05, 3.63) is 45.6 Å². The summed E-state index contributed by atoms with van der Waals surface area (Å²) in [7, 11) is -1.97. The number of carbonyl (C=O) groups excluding carboxylic acids is 1. The van der Waals surface area contributed by atoms with E-state index in [2.05, 4.69) is 0 Å². The first kappa shape index (κ1) is 18.1. The molecule has 3 rings (SSSR count). The molecule has 0 aliphatic carbocycles. The van der Waals surface area contributed by atoms with Crippen LogP contribution in [-0.2, 0) is 27.8 Å². The summed E-state index contributed by atoms with van der Waals surface area (Å²) >= 11 is 1.56. The number of thiophene rings is 1. The van der Waals surface area contributed by atoms with E-state index in [0.29, 0.717) is 13.0 Å². The Morgan fingerprint density at radius 3 is 2.68 bits per heavy atom. The highest BCUT2D eigenvalue weighted by Gasteiger charge is 2.31. The van der Waals surface area contributed by atoms with E-state index in [-0.39, 0.29) is 16.8 Å². The van der Waals surface area contributed by atoms with Crippen molar-refractivity contribution in [2.45, 2.75) is 44.7 Å². The van der Waals surface area contributed by atoms with Gasteiger partial charge in [0.05, 0.1) is 4.90 Å². The molecule has 0 saturated heterocycles. The molecular formula is C18H22N2O3S2. The number of fused-ring (bicyclic) bond motifs is 1. The average Bonchev–Trinajstić information content (AvgIpc) is 3.08. The SMILES string of the molecule is CC(=O)N1c2ccc(S(=O)(=O)N(C)Cc3sccc3C)cc2C[C@H]1C. The van der Waals surface area contributed by atoms with Crippen LogP contribution in [0.25, 0.3) is 0 Å². The molecular weight excluding hydrogens is 356 g/mol. The van der Waals surface area contributed by atoms with Crippen LogP contribution in [0.15, 0.2) is 34.5 Å². The third-order valence-electron chi connectivity index (χ3n) is 4.65. The molecule has 0 N–H and O–H groups in total. The Morgan fingerprint density at radius 1 is 1.36 bits per heavy atom. The monoisotopic (exact) mass is 378 g/mol. The van der Waals surface area contributed by atoms with Crippen molar-refractivity contribution in [1.29, 1.82) is 0 Å². The second-order valence-corrected chi connectivity index (χ2v) is 9.57. The summed E-state index contributed by atoms with van der Waals surface area (Å²) in [6.07, 6.45) is 0.673. The quantitative estimate of drug-likeness (QED) is 0.821. The topological polar surface area (TPSA) is 57.7 Å². The molecule has 2 heterocycles. The molecule has 0 unspecified atom stereocenters. The fourth-order valence-corrected chi connectivity index (χ4v) is 5.51. The van der Waals surface area contributed by atoms with Crippen LogP contribution >= 0.6 is 11.3 Å². The van der Waals surface area contributed by atoms with Crippen LogP contribution in [0.1, 0.15) is 29.9 Å². The van der Waals surface area contributed by atoms with Crippen LogP contribution < -0.4 is 4.90 Å². The lowest BCUT2D eigenvalue weighted by molar-refractivity contribution is -0.116. The lowest BCUT2D eigenvalue weighted by atomic mass is 10.1. The van der Waals surface area contributed by atoms with Crippen molar-refractivity contribution in [1.82, 2.24) is 4.31 Å². The van der Waals surface area contributed by atoms with E-state index < -0.39 is 10.0 Å². The van der Waals surface area contributed by atoms with Gasteiger partial charge in [-0.05, 0) is 61.0 Å². The van der Waals surface area contributed by atoms with Gasteiger partial charge in [0.2, 0.25) is 15.9 Å². The number of hydrogen-bond acceptors (Lipinski definition) is 4. The zero-order valence-corrected chi connectivity index (χ0v) is 16.4. The second-order valence-electron chi connectivity index (χ2n) is 6.52. The number of nitrogens with zero attached hydrogens (tertiary/aromatic N) is 2. The molecule has 0 bridgehead atoms.